The van der Waals surface area contributed by atoms with Crippen LogP contribution in [0.5, 0.6) is 0 Å². The lowest BCUT2D eigenvalue weighted by atomic mass is 9.96. The highest BCUT2D eigenvalue weighted by atomic mass is 35.5. The zero-order valence-electron chi connectivity index (χ0n) is 18.8. The van der Waals surface area contributed by atoms with Crippen LogP contribution in [-0.4, -0.2) is 47.5 Å². The number of anilines is 2. The Morgan fingerprint density at radius 1 is 1.21 bits per heavy atom. The number of amides is 2. The van der Waals surface area contributed by atoms with Gasteiger partial charge in [0.15, 0.2) is 5.82 Å². The average molecular weight is 526 g/mol. The third kappa shape index (κ3) is 6.03. The summed E-state index contributed by atoms with van der Waals surface area (Å²) in [7, 11) is 0. The fourth-order valence-corrected chi connectivity index (χ4v) is 5.00. The molecule has 2 saturated heterocycles. The molecule has 2 amide bonds. The highest BCUT2D eigenvalue weighted by molar-refractivity contribution is 6.35. The highest BCUT2D eigenvalue weighted by Crippen LogP contribution is 2.31. The van der Waals surface area contributed by atoms with Gasteiger partial charge in [-0.2, -0.15) is 4.98 Å². The molecule has 34 heavy (non-hydrogen) atoms. The molecule has 11 heteroatoms. The molecule has 0 radical (unpaired) electrons. The summed E-state index contributed by atoms with van der Waals surface area (Å²) in [6.45, 7) is 3.78. The molecule has 1 aromatic heterocycles. The summed E-state index contributed by atoms with van der Waals surface area (Å²) in [6.07, 6.45) is 4.28. The van der Waals surface area contributed by atoms with E-state index >= 15 is 0 Å². The number of carbonyl (C=O) groups excluding carboxylic acids is 2. The first-order chi connectivity index (χ1) is 16.3. The van der Waals surface area contributed by atoms with Gasteiger partial charge in [0.25, 0.3) is 0 Å². The lowest BCUT2D eigenvalue weighted by Gasteiger charge is -2.31. The van der Waals surface area contributed by atoms with Gasteiger partial charge >= 0.3 is 0 Å². The van der Waals surface area contributed by atoms with E-state index in [0.717, 1.165) is 12.0 Å². The average Bonchev–Trinajstić information content (AvgIpc) is 3.24. The number of rotatable bonds is 7. The van der Waals surface area contributed by atoms with Crippen molar-refractivity contribution in [3.8, 4) is 0 Å². The Balaban J connectivity index is 1.33. The third-order valence-corrected chi connectivity index (χ3v) is 7.11. The van der Waals surface area contributed by atoms with E-state index in [4.69, 9.17) is 34.8 Å². The van der Waals surface area contributed by atoms with Gasteiger partial charge in [-0.25, -0.2) is 4.98 Å². The molecule has 0 bridgehead atoms. The third-order valence-electron chi connectivity index (χ3n) is 6.27. The van der Waals surface area contributed by atoms with Gasteiger partial charge in [0.05, 0.1) is 12.2 Å². The van der Waals surface area contributed by atoms with Gasteiger partial charge in [-0.15, -0.1) is 0 Å². The first-order valence-corrected chi connectivity index (χ1v) is 12.5. The standard InChI is InChI=1S/C23H27Cl3N6O2/c1-13(17-4-2-15(24)10-18(17)25)29-21-19(26)12-28-23(31-21)32-8-6-14(7-9-32)22(34)27-11-16-3-5-20(33)30-16/h2,4,10,12-14,16H,3,5-9,11H2,1H3,(H,27,34)(H,30,33)(H,28,29,31)/t13-,16-/m1/s1. The Labute approximate surface area is 213 Å². The van der Waals surface area contributed by atoms with Crippen molar-refractivity contribution in [1.82, 2.24) is 20.6 Å². The number of piperidine rings is 1. The number of halogens is 3. The van der Waals surface area contributed by atoms with Crippen LogP contribution < -0.4 is 20.9 Å². The Bertz CT molecular complexity index is 1060. The minimum absolute atomic E-state index is 0.0360. The summed E-state index contributed by atoms with van der Waals surface area (Å²) in [4.78, 5) is 35.0. The topological polar surface area (TPSA) is 99.3 Å². The summed E-state index contributed by atoms with van der Waals surface area (Å²) in [6, 6.07) is 5.25. The molecule has 182 valence electrons. The molecule has 1 aromatic carbocycles. The van der Waals surface area contributed by atoms with E-state index in [1.54, 1.807) is 18.3 Å². The zero-order chi connectivity index (χ0) is 24.2. The van der Waals surface area contributed by atoms with Gasteiger partial charge in [-0.1, -0.05) is 40.9 Å². The van der Waals surface area contributed by atoms with Crippen molar-refractivity contribution in [3.63, 3.8) is 0 Å². The molecule has 0 unspecified atom stereocenters. The normalized spacial score (nSPS) is 19.6. The highest BCUT2D eigenvalue weighted by Gasteiger charge is 2.28. The molecule has 3 N–H and O–H groups in total. The van der Waals surface area contributed by atoms with Crippen LogP contribution in [0.2, 0.25) is 15.1 Å². The maximum atomic E-state index is 12.6. The van der Waals surface area contributed by atoms with Crippen molar-refractivity contribution in [1.29, 1.82) is 0 Å². The number of hydrogen-bond acceptors (Lipinski definition) is 6. The molecule has 2 aromatic rings. The van der Waals surface area contributed by atoms with Gasteiger partial charge in [-0.3, -0.25) is 9.59 Å². The van der Waals surface area contributed by atoms with E-state index in [9.17, 15) is 9.59 Å². The monoisotopic (exact) mass is 524 g/mol. The molecule has 8 nitrogen and oxygen atoms in total. The predicted molar refractivity (Wildman–Crippen MR) is 135 cm³/mol. The van der Waals surface area contributed by atoms with Gasteiger partial charge < -0.3 is 20.9 Å². The van der Waals surface area contributed by atoms with Crippen LogP contribution in [0.3, 0.4) is 0 Å². The van der Waals surface area contributed by atoms with Crippen LogP contribution in [-0.2, 0) is 9.59 Å². The van der Waals surface area contributed by atoms with E-state index in [2.05, 4.69) is 30.8 Å². The van der Waals surface area contributed by atoms with Crippen LogP contribution in [0.25, 0.3) is 0 Å². The molecule has 3 heterocycles. The van der Waals surface area contributed by atoms with E-state index in [0.29, 0.717) is 65.7 Å². The predicted octanol–water partition coefficient (Wildman–Crippen LogP) is 4.22. The van der Waals surface area contributed by atoms with Crippen LogP contribution in [0, 0.1) is 5.92 Å². The molecule has 2 aliphatic heterocycles. The van der Waals surface area contributed by atoms with Crippen molar-refractivity contribution >= 4 is 58.4 Å². The first-order valence-electron chi connectivity index (χ1n) is 11.4. The van der Waals surface area contributed by atoms with Crippen molar-refractivity contribution in [3.05, 3.63) is 45.0 Å². The summed E-state index contributed by atoms with van der Waals surface area (Å²) in [5.41, 5.74) is 0.881. The second-order valence-corrected chi connectivity index (χ2v) is 9.96. The second-order valence-electron chi connectivity index (χ2n) is 8.71. The van der Waals surface area contributed by atoms with E-state index in [-0.39, 0.29) is 29.8 Å². The van der Waals surface area contributed by atoms with Crippen molar-refractivity contribution in [2.75, 3.05) is 29.9 Å². The lowest BCUT2D eigenvalue weighted by molar-refractivity contribution is -0.126. The van der Waals surface area contributed by atoms with Crippen LogP contribution in [0.4, 0.5) is 11.8 Å². The molecule has 2 aliphatic rings. The van der Waals surface area contributed by atoms with Crippen LogP contribution in [0.1, 0.15) is 44.2 Å². The van der Waals surface area contributed by atoms with Gasteiger partial charge in [0, 0.05) is 48.1 Å². The maximum absolute atomic E-state index is 12.6. The fraction of sp³-hybridized carbons (Fsp3) is 0.478. The Hall–Kier alpha value is -2.29. The van der Waals surface area contributed by atoms with E-state index in [1.165, 1.54) is 0 Å². The molecule has 0 aliphatic carbocycles. The Morgan fingerprint density at radius 3 is 2.65 bits per heavy atom. The number of nitrogens with one attached hydrogen (secondary N) is 3. The van der Waals surface area contributed by atoms with E-state index < -0.39 is 0 Å². The number of carbonyl (C=O) groups is 2. The minimum Gasteiger partial charge on any atom is -0.362 e. The fourth-order valence-electron chi connectivity index (χ4n) is 4.29. The molecule has 0 saturated carbocycles. The zero-order valence-corrected chi connectivity index (χ0v) is 21.1. The van der Waals surface area contributed by atoms with Crippen LogP contribution >= 0.6 is 34.8 Å². The smallest absolute Gasteiger partial charge is 0.227 e. The molecule has 0 spiro atoms. The summed E-state index contributed by atoms with van der Waals surface area (Å²) in [5, 5.41) is 10.7. The quantitative estimate of drug-likeness (QED) is 0.501. The second kappa shape index (κ2) is 11.0. The molecule has 4 rings (SSSR count). The Morgan fingerprint density at radius 2 is 1.97 bits per heavy atom. The summed E-state index contributed by atoms with van der Waals surface area (Å²) in [5.74, 6) is 1.10. The van der Waals surface area contributed by atoms with Gasteiger partial charge in [0.1, 0.15) is 5.02 Å². The number of hydrogen-bond donors (Lipinski definition) is 3. The Kier molecular flexibility index (Phi) is 8.01. The van der Waals surface area contributed by atoms with Crippen LogP contribution in [0.15, 0.2) is 24.4 Å². The lowest BCUT2D eigenvalue weighted by Crippen LogP contribution is -2.44. The van der Waals surface area contributed by atoms with E-state index in [1.807, 2.05) is 13.0 Å². The van der Waals surface area contributed by atoms with Gasteiger partial charge in [0.2, 0.25) is 17.8 Å². The largest absolute Gasteiger partial charge is 0.362 e. The summed E-state index contributed by atoms with van der Waals surface area (Å²) >= 11 is 18.7. The van der Waals surface area contributed by atoms with Crippen molar-refractivity contribution < 1.29 is 9.59 Å². The molecular formula is C23H27Cl3N6O2. The van der Waals surface area contributed by atoms with Crippen molar-refractivity contribution in [2.45, 2.75) is 44.7 Å². The number of nitrogens with zero attached hydrogens (tertiary/aromatic N) is 3. The van der Waals surface area contributed by atoms with Gasteiger partial charge in [-0.05, 0) is 43.9 Å². The molecular weight excluding hydrogens is 499 g/mol. The molecule has 2 fully saturated rings. The number of benzene rings is 1. The summed E-state index contributed by atoms with van der Waals surface area (Å²) < 4.78 is 0. The molecule has 2 atom stereocenters. The minimum atomic E-state index is -0.149. The maximum Gasteiger partial charge on any atom is 0.227 e. The number of aromatic nitrogens is 2. The first kappa shape index (κ1) is 24.8. The SMILES string of the molecule is C[C@@H](Nc1nc(N2CCC(C(=O)NC[C@H]3CCC(=O)N3)CC2)ncc1Cl)c1ccc(Cl)cc1Cl. The van der Waals surface area contributed by atoms with Crippen molar-refractivity contribution in [2.24, 2.45) is 5.92 Å².